The minimum absolute atomic E-state index is 0.134. The van der Waals surface area contributed by atoms with Gasteiger partial charge in [0.1, 0.15) is 24.1 Å². The van der Waals surface area contributed by atoms with E-state index in [9.17, 15) is 4.39 Å². The van der Waals surface area contributed by atoms with Gasteiger partial charge in [0, 0.05) is 43.5 Å². The molecular weight excluding hydrogens is 504 g/mol. The van der Waals surface area contributed by atoms with Crippen LogP contribution in [0.3, 0.4) is 0 Å². The van der Waals surface area contributed by atoms with Gasteiger partial charge < -0.3 is 15.0 Å². The Labute approximate surface area is 198 Å². The van der Waals surface area contributed by atoms with E-state index < -0.39 is 12.0 Å². The summed E-state index contributed by atoms with van der Waals surface area (Å²) in [5.41, 5.74) is -0.131. The fraction of sp³-hybridized carbons (Fsp3) is 0.636. The molecule has 10 heteroatoms. The monoisotopic (exact) mass is 527 g/mol. The number of alkyl halides is 1. The maximum atomic E-state index is 15.2. The molecule has 2 aromatic rings. The Morgan fingerprint density at radius 3 is 2.81 bits per heavy atom. The zero-order valence-corrected chi connectivity index (χ0v) is 19.9. The van der Waals surface area contributed by atoms with E-state index in [1.807, 2.05) is 0 Å². The van der Waals surface area contributed by atoms with Crippen LogP contribution in [0.2, 0.25) is 5.02 Å². The molecule has 6 rings (SSSR count). The lowest BCUT2D eigenvalue weighted by atomic mass is 9.95. The molecule has 0 amide bonds. The summed E-state index contributed by atoms with van der Waals surface area (Å²) in [6.07, 6.45) is 3.80. The van der Waals surface area contributed by atoms with E-state index in [-0.39, 0.29) is 26.6 Å². The molecular formula is C22H25BrClF2N5O. The summed E-state index contributed by atoms with van der Waals surface area (Å²) < 4.78 is 35.6. The summed E-state index contributed by atoms with van der Waals surface area (Å²) in [6.45, 7) is 3.23. The van der Waals surface area contributed by atoms with Crippen molar-refractivity contribution in [3.8, 4) is 6.01 Å². The standard InChI is InChI=1S/C22H25BrClF2N5O/c23-17-16(24)6-15-19(18(17)26)28-21(29-20(15)30-9-13-2-3-14(10-30)27-13)32-11-22-4-1-5-31(22)8-12(25)7-22/h6,12-14,27H,1-5,7-11H2/t12-,13?,14?,22+/m1/s1. The van der Waals surface area contributed by atoms with Gasteiger partial charge in [-0.25, -0.2) is 8.78 Å². The van der Waals surface area contributed by atoms with Crippen molar-refractivity contribution >= 4 is 44.3 Å². The quantitative estimate of drug-likeness (QED) is 0.604. The van der Waals surface area contributed by atoms with Gasteiger partial charge in [0.15, 0.2) is 5.82 Å². The average molecular weight is 529 g/mol. The molecule has 2 unspecified atom stereocenters. The van der Waals surface area contributed by atoms with E-state index in [4.69, 9.17) is 21.3 Å². The maximum absolute atomic E-state index is 15.2. The number of rotatable bonds is 4. The molecule has 4 aliphatic rings. The first-order valence-corrected chi connectivity index (χ1v) is 12.5. The first-order chi connectivity index (χ1) is 15.4. The SMILES string of the molecule is Fc1c(Br)c(Cl)cc2c(N3CC4CCC(C3)N4)nc(OC[C@@]34CCCN3C[C@H](F)C4)nc12. The van der Waals surface area contributed by atoms with Crippen molar-refractivity contribution in [3.05, 3.63) is 21.4 Å². The van der Waals surface area contributed by atoms with Gasteiger partial charge >= 0.3 is 6.01 Å². The summed E-state index contributed by atoms with van der Waals surface area (Å²) in [5, 5.41) is 4.47. The highest BCUT2D eigenvalue weighted by molar-refractivity contribution is 9.10. The Hall–Kier alpha value is -1.29. The van der Waals surface area contributed by atoms with Gasteiger partial charge in [-0.1, -0.05) is 11.6 Å². The Morgan fingerprint density at radius 2 is 2.03 bits per heavy atom. The Bertz CT molecular complexity index is 1060. The third kappa shape index (κ3) is 3.47. The predicted molar refractivity (Wildman–Crippen MR) is 123 cm³/mol. The Balaban J connectivity index is 1.38. The highest BCUT2D eigenvalue weighted by Gasteiger charge is 2.49. The third-order valence-corrected chi connectivity index (χ3v) is 8.83. The van der Waals surface area contributed by atoms with Crippen LogP contribution in [-0.2, 0) is 0 Å². The number of ether oxygens (including phenoxy) is 1. The molecule has 4 saturated heterocycles. The van der Waals surface area contributed by atoms with E-state index in [0.717, 1.165) is 45.3 Å². The molecule has 5 heterocycles. The summed E-state index contributed by atoms with van der Waals surface area (Å²) >= 11 is 9.52. The van der Waals surface area contributed by atoms with Crippen LogP contribution in [0.4, 0.5) is 14.6 Å². The van der Waals surface area contributed by atoms with Crippen LogP contribution in [0.25, 0.3) is 10.9 Å². The summed E-state index contributed by atoms with van der Waals surface area (Å²) in [7, 11) is 0. The van der Waals surface area contributed by atoms with Crippen LogP contribution in [0.5, 0.6) is 6.01 Å². The number of fused-ring (bicyclic) bond motifs is 4. The zero-order chi connectivity index (χ0) is 22.0. The summed E-state index contributed by atoms with van der Waals surface area (Å²) in [5.74, 6) is 0.122. The first-order valence-electron chi connectivity index (χ1n) is 11.3. The molecule has 0 saturated carbocycles. The molecule has 1 N–H and O–H groups in total. The van der Waals surface area contributed by atoms with Crippen molar-refractivity contribution < 1.29 is 13.5 Å². The number of nitrogens with zero attached hydrogens (tertiary/aromatic N) is 4. The molecule has 2 bridgehead atoms. The van der Waals surface area contributed by atoms with E-state index in [1.54, 1.807) is 6.07 Å². The molecule has 172 valence electrons. The van der Waals surface area contributed by atoms with Crippen molar-refractivity contribution in [2.24, 2.45) is 0 Å². The maximum Gasteiger partial charge on any atom is 0.319 e. The molecule has 32 heavy (non-hydrogen) atoms. The van der Waals surface area contributed by atoms with Crippen LogP contribution in [0, 0.1) is 5.82 Å². The Kier molecular flexibility index (Phi) is 5.24. The number of benzene rings is 1. The molecule has 0 spiro atoms. The van der Waals surface area contributed by atoms with Crippen molar-refractivity contribution in [2.45, 2.75) is 55.9 Å². The fourth-order valence-corrected chi connectivity index (χ4v) is 6.55. The van der Waals surface area contributed by atoms with Gasteiger partial charge in [0.05, 0.1) is 15.0 Å². The van der Waals surface area contributed by atoms with Crippen LogP contribution in [0.15, 0.2) is 10.5 Å². The smallest absolute Gasteiger partial charge is 0.319 e. The van der Waals surface area contributed by atoms with Gasteiger partial charge in [0.2, 0.25) is 0 Å². The summed E-state index contributed by atoms with van der Waals surface area (Å²) in [4.78, 5) is 13.5. The second-order valence-corrected chi connectivity index (χ2v) is 10.8. The van der Waals surface area contributed by atoms with Crippen molar-refractivity contribution in [3.63, 3.8) is 0 Å². The lowest BCUT2D eigenvalue weighted by Gasteiger charge is -2.34. The van der Waals surface area contributed by atoms with Gasteiger partial charge in [-0.15, -0.1) is 0 Å². The predicted octanol–water partition coefficient (Wildman–Crippen LogP) is 4.08. The molecule has 4 aliphatic heterocycles. The van der Waals surface area contributed by atoms with Gasteiger partial charge in [0.25, 0.3) is 0 Å². The minimum atomic E-state index is -0.834. The van der Waals surface area contributed by atoms with Crippen molar-refractivity contribution in [1.82, 2.24) is 20.2 Å². The largest absolute Gasteiger partial charge is 0.461 e. The van der Waals surface area contributed by atoms with Gasteiger partial charge in [-0.2, -0.15) is 9.97 Å². The second kappa shape index (κ2) is 7.89. The fourth-order valence-electron chi connectivity index (χ4n) is 6.06. The average Bonchev–Trinajstić information content (AvgIpc) is 3.41. The topological polar surface area (TPSA) is 53.5 Å². The number of nitrogens with one attached hydrogen (secondary N) is 1. The number of aromatic nitrogens is 2. The highest BCUT2D eigenvalue weighted by atomic mass is 79.9. The van der Waals surface area contributed by atoms with Crippen LogP contribution >= 0.6 is 27.5 Å². The molecule has 1 aromatic heterocycles. The number of hydrogen-bond donors (Lipinski definition) is 1. The van der Waals surface area contributed by atoms with E-state index in [1.165, 1.54) is 0 Å². The first kappa shape index (κ1) is 21.3. The molecule has 6 nitrogen and oxygen atoms in total. The third-order valence-electron chi connectivity index (χ3n) is 7.53. The van der Waals surface area contributed by atoms with E-state index >= 15 is 4.39 Å². The zero-order valence-electron chi connectivity index (χ0n) is 17.6. The van der Waals surface area contributed by atoms with Crippen LogP contribution < -0.4 is 15.0 Å². The number of piperazine rings is 1. The van der Waals surface area contributed by atoms with E-state index in [2.05, 4.69) is 36.0 Å². The Morgan fingerprint density at radius 1 is 1.25 bits per heavy atom. The van der Waals surface area contributed by atoms with Gasteiger partial charge in [-0.3, -0.25) is 4.90 Å². The van der Waals surface area contributed by atoms with Crippen LogP contribution in [0.1, 0.15) is 32.1 Å². The lowest BCUT2D eigenvalue weighted by molar-refractivity contribution is 0.107. The molecule has 0 aliphatic carbocycles. The molecule has 0 radical (unpaired) electrons. The number of hydrogen-bond acceptors (Lipinski definition) is 6. The molecule has 4 fully saturated rings. The second-order valence-electron chi connectivity index (χ2n) is 9.62. The lowest BCUT2D eigenvalue weighted by Crippen LogP contribution is -2.51. The molecule has 1 aromatic carbocycles. The minimum Gasteiger partial charge on any atom is -0.461 e. The van der Waals surface area contributed by atoms with E-state index in [0.29, 0.717) is 42.9 Å². The molecule has 4 atom stereocenters. The van der Waals surface area contributed by atoms with Crippen LogP contribution in [-0.4, -0.2) is 71.4 Å². The number of anilines is 1. The van der Waals surface area contributed by atoms with Crippen molar-refractivity contribution in [1.29, 1.82) is 0 Å². The van der Waals surface area contributed by atoms with Crippen molar-refractivity contribution in [2.75, 3.05) is 37.7 Å². The normalized spacial score (nSPS) is 32.1. The number of halogens is 4. The summed E-state index contributed by atoms with van der Waals surface area (Å²) in [6, 6.07) is 2.64. The highest BCUT2D eigenvalue weighted by Crippen LogP contribution is 2.41. The van der Waals surface area contributed by atoms with Gasteiger partial charge in [-0.05, 0) is 54.2 Å².